The molecule has 0 saturated carbocycles. The average molecular weight is 386 g/mol. The molecule has 0 saturated heterocycles. The van der Waals surface area contributed by atoms with Crippen LogP contribution in [0, 0.1) is 12.7 Å². The molecule has 1 amide bonds. The lowest BCUT2D eigenvalue weighted by molar-refractivity contribution is -0.115. The number of nitrogens with zero attached hydrogens (tertiary/aromatic N) is 1. The van der Waals surface area contributed by atoms with Gasteiger partial charge in [-0.1, -0.05) is 29.8 Å². The summed E-state index contributed by atoms with van der Waals surface area (Å²) < 4.78 is 12.9. The van der Waals surface area contributed by atoms with Gasteiger partial charge in [-0.05, 0) is 67.9 Å². The molecule has 2 N–H and O–H groups in total. The molecule has 6 heteroatoms. The third-order valence-electron chi connectivity index (χ3n) is 3.91. The number of carbonyl (C=O) groups is 1. The van der Waals surface area contributed by atoms with Gasteiger partial charge in [0, 0.05) is 24.9 Å². The molecule has 0 aliphatic heterocycles. The van der Waals surface area contributed by atoms with Gasteiger partial charge < -0.3 is 10.0 Å². The molecule has 0 bridgehead atoms. The molecule has 0 aromatic heterocycles. The zero-order chi connectivity index (χ0) is 19.6. The minimum atomic E-state index is -0.358. The number of rotatable bonds is 7. The van der Waals surface area contributed by atoms with Gasteiger partial charge >= 0.3 is 0 Å². The maximum Gasteiger partial charge on any atom is 0.250 e. The van der Waals surface area contributed by atoms with Gasteiger partial charge in [0.2, 0.25) is 5.91 Å². The number of aryl methyl sites for hydroxylation is 1. The molecule has 0 aliphatic carbocycles. The first-order chi connectivity index (χ1) is 13.0. The largest absolute Gasteiger partial charge is 0.396 e. The molecule has 0 spiro atoms. The topological polar surface area (TPSA) is 52.6 Å². The van der Waals surface area contributed by atoms with Crippen molar-refractivity contribution in [3.05, 3.63) is 71.6 Å². The third kappa shape index (κ3) is 6.92. The summed E-state index contributed by atoms with van der Waals surface area (Å²) in [5.74, 6) is -0.682. The van der Waals surface area contributed by atoms with Crippen LogP contribution in [0.2, 0.25) is 0 Å². The second-order valence-corrected chi connectivity index (χ2v) is 6.48. The van der Waals surface area contributed by atoms with Crippen molar-refractivity contribution in [2.24, 2.45) is 0 Å². The first-order valence-corrected chi connectivity index (χ1v) is 9.14. The monoisotopic (exact) mass is 386 g/mol. The zero-order valence-corrected chi connectivity index (χ0v) is 16.0. The van der Waals surface area contributed by atoms with E-state index in [-0.39, 0.29) is 18.3 Å². The van der Waals surface area contributed by atoms with Gasteiger partial charge in [0.15, 0.2) is 5.11 Å². The molecular weight excluding hydrogens is 363 g/mol. The van der Waals surface area contributed by atoms with E-state index in [9.17, 15) is 9.18 Å². The number of halogens is 1. The van der Waals surface area contributed by atoms with Crippen molar-refractivity contribution >= 4 is 35.0 Å². The predicted octanol–water partition coefficient (Wildman–Crippen LogP) is 3.83. The minimum Gasteiger partial charge on any atom is -0.396 e. The highest BCUT2D eigenvalue weighted by molar-refractivity contribution is 7.80. The molecule has 0 atom stereocenters. The first-order valence-electron chi connectivity index (χ1n) is 8.73. The molecule has 2 rings (SSSR count). The predicted molar refractivity (Wildman–Crippen MR) is 111 cm³/mol. The van der Waals surface area contributed by atoms with Crippen molar-refractivity contribution in [2.45, 2.75) is 19.8 Å². The second-order valence-electron chi connectivity index (χ2n) is 6.10. The van der Waals surface area contributed by atoms with Crippen molar-refractivity contribution in [3.8, 4) is 0 Å². The Bertz CT molecular complexity index is 789. The molecule has 2 aromatic rings. The Labute approximate surface area is 164 Å². The van der Waals surface area contributed by atoms with Crippen molar-refractivity contribution in [2.75, 3.05) is 18.1 Å². The van der Waals surface area contributed by atoms with Gasteiger partial charge in [-0.3, -0.25) is 10.1 Å². The van der Waals surface area contributed by atoms with E-state index in [1.807, 2.05) is 36.1 Å². The quantitative estimate of drug-likeness (QED) is 0.431. The highest BCUT2D eigenvalue weighted by atomic mass is 32.1. The number of thiocarbonyl (C=S) groups is 1. The zero-order valence-electron chi connectivity index (χ0n) is 15.2. The van der Waals surface area contributed by atoms with E-state index in [0.717, 1.165) is 23.2 Å². The first kappa shape index (κ1) is 20.7. The van der Waals surface area contributed by atoms with E-state index in [1.54, 1.807) is 18.2 Å². The van der Waals surface area contributed by atoms with Crippen LogP contribution in [0.5, 0.6) is 0 Å². The van der Waals surface area contributed by atoms with Crippen LogP contribution < -0.4 is 10.2 Å². The molecule has 2 aromatic carbocycles. The van der Waals surface area contributed by atoms with Crippen molar-refractivity contribution in [1.82, 2.24) is 5.32 Å². The van der Waals surface area contributed by atoms with Crippen molar-refractivity contribution in [3.63, 3.8) is 0 Å². The lowest BCUT2D eigenvalue weighted by Crippen LogP contribution is -2.42. The van der Waals surface area contributed by atoms with Gasteiger partial charge in [0.05, 0.1) is 0 Å². The van der Waals surface area contributed by atoms with Crippen molar-refractivity contribution < 1.29 is 14.3 Å². The Morgan fingerprint density at radius 1 is 1.15 bits per heavy atom. The summed E-state index contributed by atoms with van der Waals surface area (Å²) >= 11 is 5.41. The third-order valence-corrected chi connectivity index (χ3v) is 4.23. The smallest absolute Gasteiger partial charge is 0.250 e. The van der Waals surface area contributed by atoms with Gasteiger partial charge in [-0.25, -0.2) is 4.39 Å². The summed E-state index contributed by atoms with van der Waals surface area (Å²) in [6, 6.07) is 13.7. The average Bonchev–Trinajstić information content (AvgIpc) is 2.66. The summed E-state index contributed by atoms with van der Waals surface area (Å²) in [6.07, 6.45) is 4.36. The van der Waals surface area contributed by atoms with Crippen LogP contribution in [0.25, 0.3) is 6.08 Å². The summed E-state index contributed by atoms with van der Waals surface area (Å²) in [5, 5.41) is 12.0. The number of benzene rings is 2. The number of aliphatic hydroxyl groups excluding tert-OH is 1. The standard InChI is InChI=1S/C21H23FN2O2S/c1-16-4-11-19(12-5-16)24(14-2-3-15-25)21(27)23-20(26)13-8-17-6-9-18(22)10-7-17/h4-13,25H,2-3,14-15H2,1H3,(H,23,26,27)/b13-8+. The molecule has 142 valence electrons. The molecular formula is C21H23FN2O2S. The fraction of sp³-hybridized carbons (Fsp3) is 0.238. The fourth-order valence-corrected chi connectivity index (χ4v) is 2.71. The number of aliphatic hydroxyl groups is 1. The molecule has 27 heavy (non-hydrogen) atoms. The second kappa shape index (κ2) is 10.5. The minimum absolute atomic E-state index is 0.112. The number of hydrogen-bond acceptors (Lipinski definition) is 3. The Balaban J connectivity index is 2.03. The summed E-state index contributed by atoms with van der Waals surface area (Å²) in [6.45, 7) is 2.70. The molecule has 0 aliphatic rings. The molecule has 0 fully saturated rings. The molecule has 0 unspecified atom stereocenters. The highest BCUT2D eigenvalue weighted by Crippen LogP contribution is 2.16. The van der Waals surface area contributed by atoms with E-state index in [0.29, 0.717) is 18.1 Å². The van der Waals surface area contributed by atoms with Crippen LogP contribution >= 0.6 is 12.2 Å². The summed E-state index contributed by atoms with van der Waals surface area (Å²) in [4.78, 5) is 14.0. The molecule has 0 radical (unpaired) electrons. The Morgan fingerprint density at radius 2 is 1.81 bits per heavy atom. The van der Waals surface area contributed by atoms with Crippen LogP contribution in [0.15, 0.2) is 54.6 Å². The van der Waals surface area contributed by atoms with Crippen LogP contribution in [0.4, 0.5) is 10.1 Å². The van der Waals surface area contributed by atoms with Gasteiger partial charge in [0.25, 0.3) is 0 Å². The van der Waals surface area contributed by atoms with Gasteiger partial charge in [0.1, 0.15) is 5.82 Å². The van der Waals surface area contributed by atoms with Crippen LogP contribution in [0.1, 0.15) is 24.0 Å². The maximum atomic E-state index is 12.9. The lowest BCUT2D eigenvalue weighted by Gasteiger charge is -2.25. The Hall–Kier alpha value is -2.57. The summed E-state index contributed by atoms with van der Waals surface area (Å²) in [7, 11) is 0. The molecule has 4 nitrogen and oxygen atoms in total. The van der Waals surface area contributed by atoms with E-state index in [1.165, 1.54) is 18.2 Å². The van der Waals surface area contributed by atoms with E-state index in [4.69, 9.17) is 17.3 Å². The summed E-state index contributed by atoms with van der Waals surface area (Å²) in [5.41, 5.74) is 2.73. The number of unbranched alkanes of at least 4 members (excludes halogenated alkanes) is 1. The number of carbonyl (C=O) groups excluding carboxylic acids is 1. The van der Waals surface area contributed by atoms with E-state index >= 15 is 0 Å². The van der Waals surface area contributed by atoms with Gasteiger partial charge in [-0.2, -0.15) is 0 Å². The van der Waals surface area contributed by atoms with Crippen molar-refractivity contribution in [1.29, 1.82) is 0 Å². The van der Waals surface area contributed by atoms with Crippen LogP contribution in [-0.2, 0) is 4.79 Å². The lowest BCUT2D eigenvalue weighted by atomic mass is 10.2. The number of nitrogens with one attached hydrogen (secondary N) is 1. The van der Waals surface area contributed by atoms with Crippen LogP contribution in [0.3, 0.4) is 0 Å². The Morgan fingerprint density at radius 3 is 2.44 bits per heavy atom. The number of amides is 1. The Kier molecular flexibility index (Phi) is 8.10. The van der Waals surface area contributed by atoms with Crippen LogP contribution in [-0.4, -0.2) is 29.3 Å². The SMILES string of the molecule is Cc1ccc(N(CCCCO)C(=S)NC(=O)/C=C/c2ccc(F)cc2)cc1. The van der Waals surface area contributed by atoms with E-state index in [2.05, 4.69) is 5.32 Å². The highest BCUT2D eigenvalue weighted by Gasteiger charge is 2.13. The van der Waals surface area contributed by atoms with E-state index < -0.39 is 0 Å². The fourth-order valence-electron chi connectivity index (χ4n) is 2.41. The maximum absolute atomic E-state index is 12.9. The number of hydrogen-bond donors (Lipinski definition) is 2. The van der Waals surface area contributed by atoms with Gasteiger partial charge in [-0.15, -0.1) is 0 Å². The normalized spacial score (nSPS) is 10.8. The number of anilines is 1. The molecule has 0 heterocycles.